The average Bonchev–Trinajstić information content (AvgIpc) is 2.98. The van der Waals surface area contributed by atoms with Gasteiger partial charge in [-0.2, -0.15) is 0 Å². The lowest BCUT2D eigenvalue weighted by molar-refractivity contribution is -0.140. The molecule has 30 heavy (non-hydrogen) atoms. The predicted molar refractivity (Wildman–Crippen MR) is 108 cm³/mol. The largest absolute Gasteiger partial charge is 0.507 e. The molecule has 0 radical (unpaired) electrons. The van der Waals surface area contributed by atoms with Crippen LogP contribution in [0.15, 0.2) is 60.2 Å². The fraction of sp³-hybridized carbons (Fsp3) is 0.261. The van der Waals surface area contributed by atoms with Crippen molar-refractivity contribution in [3.8, 4) is 0 Å². The molecule has 2 N–H and O–H groups in total. The summed E-state index contributed by atoms with van der Waals surface area (Å²) >= 11 is 0. The van der Waals surface area contributed by atoms with Gasteiger partial charge >= 0.3 is 5.97 Å². The maximum Gasteiger partial charge on any atom is 0.303 e. The molecular formula is C23H22FNO5. The van der Waals surface area contributed by atoms with E-state index in [0.29, 0.717) is 24.8 Å². The SMILES string of the molecule is O=C(O)CCCCCN1C(=O)C(=O)C(=C(O)c2ccccc2)[C@@H]1c1ccccc1F. The molecule has 7 heteroatoms. The molecule has 0 aromatic heterocycles. The molecule has 0 aliphatic carbocycles. The van der Waals surface area contributed by atoms with Crippen molar-refractivity contribution in [2.45, 2.75) is 31.7 Å². The number of benzene rings is 2. The number of carboxylic acid groups (broad SMARTS) is 1. The van der Waals surface area contributed by atoms with Gasteiger partial charge in [0.1, 0.15) is 11.6 Å². The number of aliphatic hydroxyl groups excluding tert-OH is 1. The molecule has 1 amide bonds. The highest BCUT2D eigenvalue weighted by molar-refractivity contribution is 6.46. The summed E-state index contributed by atoms with van der Waals surface area (Å²) in [6.45, 7) is 0.148. The fourth-order valence-electron chi connectivity index (χ4n) is 3.62. The molecule has 156 valence electrons. The summed E-state index contributed by atoms with van der Waals surface area (Å²) in [4.78, 5) is 37.4. The molecule has 1 saturated heterocycles. The number of hydrogen-bond acceptors (Lipinski definition) is 4. The Kier molecular flexibility index (Phi) is 6.61. The number of Topliss-reactive ketones (excluding diaryl/α,β-unsaturated/α-hetero) is 1. The van der Waals surface area contributed by atoms with Gasteiger partial charge in [-0.3, -0.25) is 14.4 Å². The predicted octanol–water partition coefficient (Wildman–Crippen LogP) is 3.89. The summed E-state index contributed by atoms with van der Waals surface area (Å²) in [5.41, 5.74) is 0.333. The Morgan fingerprint density at radius 2 is 1.60 bits per heavy atom. The zero-order chi connectivity index (χ0) is 21.7. The second-order valence-electron chi connectivity index (χ2n) is 7.08. The van der Waals surface area contributed by atoms with Crippen LogP contribution in [0, 0.1) is 5.82 Å². The minimum absolute atomic E-state index is 0.0174. The zero-order valence-electron chi connectivity index (χ0n) is 16.3. The number of carboxylic acids is 1. The van der Waals surface area contributed by atoms with Crippen LogP contribution < -0.4 is 0 Å². The number of unbranched alkanes of at least 4 members (excludes halogenated alkanes) is 2. The quantitative estimate of drug-likeness (QED) is 0.297. The first-order valence-corrected chi connectivity index (χ1v) is 9.72. The molecule has 2 aromatic carbocycles. The molecule has 1 aliphatic rings. The zero-order valence-corrected chi connectivity index (χ0v) is 16.3. The summed E-state index contributed by atoms with van der Waals surface area (Å²) < 4.78 is 14.6. The van der Waals surface area contributed by atoms with Crippen molar-refractivity contribution in [1.82, 2.24) is 4.90 Å². The Hall–Kier alpha value is -3.48. The smallest absolute Gasteiger partial charge is 0.303 e. The van der Waals surface area contributed by atoms with Gasteiger partial charge in [-0.1, -0.05) is 55.0 Å². The first-order chi connectivity index (χ1) is 14.4. The third kappa shape index (κ3) is 4.40. The third-order valence-electron chi connectivity index (χ3n) is 5.08. The van der Waals surface area contributed by atoms with Crippen LogP contribution in [0.4, 0.5) is 4.39 Å². The van der Waals surface area contributed by atoms with E-state index < -0.39 is 29.5 Å². The van der Waals surface area contributed by atoms with Gasteiger partial charge in [-0.25, -0.2) is 4.39 Å². The molecule has 1 fully saturated rings. The molecule has 6 nitrogen and oxygen atoms in total. The van der Waals surface area contributed by atoms with Crippen LogP contribution in [0.5, 0.6) is 0 Å². The molecule has 0 unspecified atom stereocenters. The standard InChI is InChI=1S/C23H22FNO5/c24-17-12-7-6-11-16(17)20-19(21(28)15-9-3-1-4-10-15)22(29)23(30)25(20)14-8-2-5-13-18(26)27/h1,3-4,6-7,9-12,20,28H,2,5,8,13-14H2,(H,26,27)/t20-/m0/s1. The van der Waals surface area contributed by atoms with E-state index in [1.54, 1.807) is 36.4 Å². The first-order valence-electron chi connectivity index (χ1n) is 9.72. The summed E-state index contributed by atoms with van der Waals surface area (Å²) in [6, 6.07) is 13.1. The summed E-state index contributed by atoms with van der Waals surface area (Å²) in [7, 11) is 0. The number of aliphatic hydroxyl groups is 1. The monoisotopic (exact) mass is 411 g/mol. The van der Waals surface area contributed by atoms with Gasteiger partial charge in [0, 0.05) is 24.1 Å². The van der Waals surface area contributed by atoms with E-state index in [1.165, 1.54) is 23.1 Å². The number of carbonyl (C=O) groups is 3. The number of likely N-dealkylation sites (tertiary alicyclic amines) is 1. The van der Waals surface area contributed by atoms with Crippen molar-refractivity contribution >= 4 is 23.4 Å². The molecule has 3 rings (SSSR count). The summed E-state index contributed by atoms with van der Waals surface area (Å²) in [5, 5.41) is 19.6. The molecular weight excluding hydrogens is 389 g/mol. The Morgan fingerprint density at radius 3 is 2.27 bits per heavy atom. The van der Waals surface area contributed by atoms with Gasteiger partial charge < -0.3 is 15.1 Å². The first kappa shape index (κ1) is 21.2. The van der Waals surface area contributed by atoms with E-state index in [4.69, 9.17) is 5.11 Å². The highest BCUT2D eigenvalue weighted by atomic mass is 19.1. The van der Waals surface area contributed by atoms with Crippen molar-refractivity contribution in [2.24, 2.45) is 0 Å². The Balaban J connectivity index is 1.98. The lowest BCUT2D eigenvalue weighted by Gasteiger charge is -2.25. The van der Waals surface area contributed by atoms with Crippen LogP contribution in [0.3, 0.4) is 0 Å². The van der Waals surface area contributed by atoms with Gasteiger partial charge in [0.15, 0.2) is 0 Å². The molecule has 1 atom stereocenters. The van der Waals surface area contributed by atoms with Crippen molar-refractivity contribution < 1.29 is 29.0 Å². The number of hydrogen-bond donors (Lipinski definition) is 2. The van der Waals surface area contributed by atoms with Crippen LogP contribution in [0.2, 0.25) is 0 Å². The number of ketones is 1. The highest BCUT2D eigenvalue weighted by Gasteiger charge is 2.46. The lowest BCUT2D eigenvalue weighted by atomic mass is 9.95. The van der Waals surface area contributed by atoms with Crippen molar-refractivity contribution in [3.05, 3.63) is 77.1 Å². The third-order valence-corrected chi connectivity index (χ3v) is 5.08. The molecule has 0 saturated carbocycles. The Labute approximate surface area is 173 Å². The maximum atomic E-state index is 14.6. The van der Waals surface area contributed by atoms with E-state index in [2.05, 4.69) is 0 Å². The van der Waals surface area contributed by atoms with Gasteiger partial charge in [-0.05, 0) is 18.9 Å². The van der Waals surface area contributed by atoms with Crippen LogP contribution in [-0.4, -0.2) is 39.3 Å². The lowest BCUT2D eigenvalue weighted by Crippen LogP contribution is -2.31. The van der Waals surface area contributed by atoms with Gasteiger partial charge in [0.2, 0.25) is 0 Å². The van der Waals surface area contributed by atoms with Crippen molar-refractivity contribution in [3.63, 3.8) is 0 Å². The fourth-order valence-corrected chi connectivity index (χ4v) is 3.62. The Morgan fingerprint density at radius 1 is 0.933 bits per heavy atom. The highest BCUT2D eigenvalue weighted by Crippen LogP contribution is 2.40. The number of halogens is 1. The molecule has 2 aromatic rings. The van der Waals surface area contributed by atoms with E-state index in [1.807, 2.05) is 0 Å². The molecule has 1 heterocycles. The van der Waals surface area contributed by atoms with E-state index in [0.717, 1.165) is 0 Å². The molecule has 0 spiro atoms. The van der Waals surface area contributed by atoms with E-state index >= 15 is 0 Å². The van der Waals surface area contributed by atoms with Crippen LogP contribution >= 0.6 is 0 Å². The van der Waals surface area contributed by atoms with Crippen LogP contribution in [0.25, 0.3) is 5.76 Å². The van der Waals surface area contributed by atoms with Gasteiger partial charge in [0.25, 0.3) is 11.7 Å². The van der Waals surface area contributed by atoms with E-state index in [9.17, 15) is 23.9 Å². The number of rotatable bonds is 8. The number of aliphatic carboxylic acids is 1. The summed E-state index contributed by atoms with van der Waals surface area (Å²) in [6.07, 6.45) is 1.45. The minimum atomic E-state index is -1.05. The number of nitrogens with zero attached hydrogens (tertiary/aromatic N) is 1. The second kappa shape index (κ2) is 9.35. The van der Waals surface area contributed by atoms with E-state index in [-0.39, 0.29) is 29.9 Å². The number of carbonyl (C=O) groups excluding carboxylic acids is 2. The molecule has 0 bridgehead atoms. The maximum absolute atomic E-state index is 14.6. The van der Waals surface area contributed by atoms with Gasteiger partial charge in [-0.15, -0.1) is 0 Å². The van der Waals surface area contributed by atoms with Crippen LogP contribution in [-0.2, 0) is 14.4 Å². The minimum Gasteiger partial charge on any atom is -0.507 e. The topological polar surface area (TPSA) is 94.9 Å². The molecule has 1 aliphatic heterocycles. The number of amides is 1. The second-order valence-corrected chi connectivity index (χ2v) is 7.08. The van der Waals surface area contributed by atoms with Crippen molar-refractivity contribution in [1.29, 1.82) is 0 Å². The summed E-state index contributed by atoms with van der Waals surface area (Å²) in [5.74, 6) is -3.51. The van der Waals surface area contributed by atoms with Crippen LogP contribution in [0.1, 0.15) is 42.9 Å². The van der Waals surface area contributed by atoms with Crippen molar-refractivity contribution in [2.75, 3.05) is 6.54 Å². The van der Waals surface area contributed by atoms with Gasteiger partial charge in [0.05, 0.1) is 11.6 Å². The average molecular weight is 411 g/mol. The normalized spacial score (nSPS) is 18.0. The Bertz CT molecular complexity index is 986.